The fourth-order valence-electron chi connectivity index (χ4n) is 1.26. The highest BCUT2D eigenvalue weighted by molar-refractivity contribution is 7.16. The van der Waals surface area contributed by atoms with Gasteiger partial charge in [0.05, 0.1) is 10.4 Å². The molecule has 0 saturated heterocycles. The van der Waals surface area contributed by atoms with Gasteiger partial charge in [0.1, 0.15) is 5.01 Å². The largest absolute Gasteiger partial charge is 0.416 e. The minimum Gasteiger partial charge on any atom is -0.284 e. The molecule has 87 valence electrons. The molecule has 1 aromatic heterocycles. The molecule has 2 nitrogen and oxygen atoms in total. The Labute approximate surface area is 98.7 Å². The van der Waals surface area contributed by atoms with Gasteiger partial charge in [0.2, 0.25) is 6.29 Å². The highest BCUT2D eigenvalue weighted by Crippen LogP contribution is 2.31. The Kier molecular flexibility index (Phi) is 2.97. The highest BCUT2D eigenvalue weighted by atomic mass is 32.1. The Morgan fingerprint density at radius 3 is 2.29 bits per heavy atom. The molecule has 0 bridgehead atoms. The van der Waals surface area contributed by atoms with E-state index >= 15 is 0 Å². The molecule has 0 aliphatic rings. The van der Waals surface area contributed by atoms with Gasteiger partial charge in [0.25, 0.3) is 0 Å². The van der Waals surface area contributed by atoms with Gasteiger partial charge >= 0.3 is 6.18 Å². The number of aromatic nitrogens is 1. The second-order valence-corrected chi connectivity index (χ2v) is 4.24. The van der Waals surface area contributed by atoms with Crippen LogP contribution in [0.1, 0.15) is 10.4 Å². The summed E-state index contributed by atoms with van der Waals surface area (Å²) < 4.78 is 36.9. The van der Waals surface area contributed by atoms with Gasteiger partial charge in [-0.05, 0) is 12.1 Å². The lowest BCUT2D eigenvalue weighted by atomic mass is 10.1. The Morgan fingerprint density at radius 2 is 1.82 bits per heavy atom. The average molecular weight is 256 g/mol. The third kappa shape index (κ3) is 2.52. The Hall–Kier alpha value is -1.69. The molecule has 0 aliphatic carbocycles. The van der Waals surface area contributed by atoms with Crippen LogP contribution in [0.4, 0.5) is 13.2 Å². The predicted molar refractivity (Wildman–Crippen MR) is 57.3 cm³/mol. The lowest BCUT2D eigenvalue weighted by molar-refractivity contribution is -0.137. The quantitative estimate of drug-likeness (QED) is 0.825. The van der Waals surface area contributed by atoms with Crippen molar-refractivity contribution in [3.63, 3.8) is 0 Å². The topological polar surface area (TPSA) is 30.0 Å². The van der Waals surface area contributed by atoms with E-state index in [-0.39, 0.29) is 0 Å². The van der Waals surface area contributed by atoms with E-state index in [1.54, 1.807) is 6.29 Å². The average Bonchev–Trinajstić information content (AvgIpc) is 2.76. The minimum atomic E-state index is -4.34. The van der Waals surface area contributed by atoms with Crippen LogP contribution in [-0.4, -0.2) is 11.3 Å². The Morgan fingerprint density at radius 1 is 1.18 bits per heavy atom. The van der Waals surface area contributed by atoms with E-state index in [1.807, 2.05) is 0 Å². The van der Waals surface area contributed by atoms with Crippen LogP contribution in [0, 0.1) is 0 Å². The summed E-state index contributed by atoms with van der Waals surface area (Å²) in [5.74, 6) is 0. The maximum Gasteiger partial charge on any atom is 0.416 e. The zero-order valence-electron chi connectivity index (χ0n) is 8.28. The standard InChI is InChI=1S/C11H5F3NOS/c12-11(13,14)8-3-1-7(2-4-8)10-15-5-9(6-16)17-10/h1-5H. The molecule has 2 aromatic rings. The van der Waals surface area contributed by atoms with E-state index in [0.717, 1.165) is 23.5 Å². The predicted octanol–water partition coefficient (Wildman–Crippen LogP) is 3.29. The molecule has 1 aromatic carbocycles. The van der Waals surface area contributed by atoms with Crippen LogP contribution in [0.3, 0.4) is 0 Å². The van der Waals surface area contributed by atoms with Crippen molar-refractivity contribution in [3.8, 4) is 10.6 Å². The second-order valence-electron chi connectivity index (χ2n) is 3.21. The number of thiazole rings is 1. The van der Waals surface area contributed by atoms with Crippen molar-refractivity contribution in [1.82, 2.24) is 4.98 Å². The molecule has 1 radical (unpaired) electrons. The van der Waals surface area contributed by atoms with E-state index in [2.05, 4.69) is 4.98 Å². The Balaban J connectivity index is 2.32. The second kappa shape index (κ2) is 4.29. The molecule has 17 heavy (non-hydrogen) atoms. The third-order valence-electron chi connectivity index (χ3n) is 2.07. The molecule has 2 rings (SSSR count). The van der Waals surface area contributed by atoms with Crippen molar-refractivity contribution < 1.29 is 18.0 Å². The smallest absolute Gasteiger partial charge is 0.284 e. The Bertz CT molecular complexity index is 530. The van der Waals surface area contributed by atoms with Crippen LogP contribution in [-0.2, 0) is 11.0 Å². The summed E-state index contributed by atoms with van der Waals surface area (Å²) in [6.07, 6.45) is -1.33. The molecule has 0 amide bonds. The van der Waals surface area contributed by atoms with E-state index in [9.17, 15) is 18.0 Å². The number of benzene rings is 1. The fourth-order valence-corrected chi connectivity index (χ4v) is 1.97. The first-order valence-electron chi connectivity index (χ1n) is 4.52. The number of carbonyl (C=O) groups excluding carboxylic acids is 1. The number of hydrogen-bond acceptors (Lipinski definition) is 3. The normalized spacial score (nSPS) is 11.5. The van der Waals surface area contributed by atoms with Crippen molar-refractivity contribution >= 4 is 17.6 Å². The van der Waals surface area contributed by atoms with Crippen LogP contribution >= 0.6 is 11.3 Å². The van der Waals surface area contributed by atoms with Crippen LogP contribution in [0.25, 0.3) is 10.6 Å². The number of hydrogen-bond donors (Lipinski definition) is 0. The number of rotatable bonds is 2. The molecule has 0 aliphatic heterocycles. The van der Waals surface area contributed by atoms with Crippen molar-refractivity contribution in [2.75, 3.05) is 0 Å². The fraction of sp³-hybridized carbons (Fsp3) is 0.0909. The summed E-state index contributed by atoms with van der Waals surface area (Å²) >= 11 is 1.08. The highest BCUT2D eigenvalue weighted by Gasteiger charge is 2.30. The van der Waals surface area contributed by atoms with Gasteiger partial charge in [-0.1, -0.05) is 12.1 Å². The molecule has 0 saturated carbocycles. The third-order valence-corrected chi connectivity index (χ3v) is 3.01. The molecule has 1 heterocycles. The van der Waals surface area contributed by atoms with Gasteiger partial charge in [-0.15, -0.1) is 11.3 Å². The number of halogens is 3. The summed E-state index contributed by atoms with van der Waals surface area (Å²) in [6, 6.07) is 4.63. The van der Waals surface area contributed by atoms with E-state index in [0.29, 0.717) is 15.4 Å². The lowest BCUT2D eigenvalue weighted by Gasteiger charge is -2.06. The van der Waals surface area contributed by atoms with Gasteiger partial charge in [-0.25, -0.2) is 4.98 Å². The van der Waals surface area contributed by atoms with Crippen molar-refractivity contribution in [2.24, 2.45) is 0 Å². The van der Waals surface area contributed by atoms with Gasteiger partial charge in [0, 0.05) is 11.8 Å². The van der Waals surface area contributed by atoms with Crippen LogP contribution < -0.4 is 0 Å². The van der Waals surface area contributed by atoms with Crippen LogP contribution in [0.2, 0.25) is 0 Å². The van der Waals surface area contributed by atoms with E-state index in [4.69, 9.17) is 0 Å². The van der Waals surface area contributed by atoms with Gasteiger partial charge in [0.15, 0.2) is 0 Å². The maximum atomic E-state index is 12.3. The first kappa shape index (κ1) is 11.8. The lowest BCUT2D eigenvalue weighted by Crippen LogP contribution is -2.03. The van der Waals surface area contributed by atoms with Crippen molar-refractivity contribution in [1.29, 1.82) is 0 Å². The zero-order chi connectivity index (χ0) is 12.5. The first-order chi connectivity index (χ1) is 8.00. The number of nitrogens with zero attached hydrogens (tertiary/aromatic N) is 1. The maximum absolute atomic E-state index is 12.3. The molecule has 6 heteroatoms. The number of alkyl halides is 3. The van der Waals surface area contributed by atoms with E-state index < -0.39 is 11.7 Å². The molecule has 0 fully saturated rings. The van der Waals surface area contributed by atoms with Gasteiger partial charge in [-0.2, -0.15) is 13.2 Å². The van der Waals surface area contributed by atoms with Crippen molar-refractivity contribution in [2.45, 2.75) is 6.18 Å². The van der Waals surface area contributed by atoms with Crippen LogP contribution in [0.5, 0.6) is 0 Å². The monoisotopic (exact) mass is 256 g/mol. The van der Waals surface area contributed by atoms with Crippen molar-refractivity contribution in [3.05, 3.63) is 40.9 Å². The first-order valence-corrected chi connectivity index (χ1v) is 5.34. The molecule has 0 N–H and O–H groups in total. The summed E-state index contributed by atoms with van der Waals surface area (Å²) in [5, 5.41) is 0.497. The molecule has 0 unspecified atom stereocenters. The van der Waals surface area contributed by atoms with Gasteiger partial charge in [-0.3, -0.25) is 4.79 Å². The summed E-state index contributed by atoms with van der Waals surface area (Å²) in [5.41, 5.74) is -0.163. The minimum absolute atomic E-state index is 0.319. The summed E-state index contributed by atoms with van der Waals surface area (Å²) in [4.78, 5) is 14.6. The summed E-state index contributed by atoms with van der Waals surface area (Å²) in [7, 11) is 0. The molecular weight excluding hydrogens is 251 g/mol. The van der Waals surface area contributed by atoms with Gasteiger partial charge < -0.3 is 0 Å². The molecule has 0 atom stereocenters. The zero-order valence-corrected chi connectivity index (χ0v) is 9.10. The van der Waals surface area contributed by atoms with E-state index in [1.165, 1.54) is 18.3 Å². The molecular formula is C11H5F3NOS. The van der Waals surface area contributed by atoms with Crippen LogP contribution in [0.15, 0.2) is 30.5 Å². The SMILES string of the molecule is O=[C]c1cnc(-c2ccc(C(F)(F)F)cc2)s1. The summed E-state index contributed by atoms with van der Waals surface area (Å²) in [6.45, 7) is 0. The molecule has 0 spiro atoms.